The van der Waals surface area contributed by atoms with Gasteiger partial charge in [-0.05, 0) is 5.57 Å². The molecule has 0 spiro atoms. The van der Waals surface area contributed by atoms with Crippen molar-refractivity contribution in [3.05, 3.63) is 34.2 Å². The summed E-state index contributed by atoms with van der Waals surface area (Å²) in [6.07, 6.45) is -28.5. The quantitative estimate of drug-likeness (QED) is 0.240. The van der Waals surface area contributed by atoms with Crippen LogP contribution in [0.15, 0.2) is 34.2 Å². The molecule has 0 aromatic carbocycles. The van der Waals surface area contributed by atoms with E-state index in [1.54, 1.807) is 0 Å². The molecule has 0 N–H and O–H groups in total. The summed E-state index contributed by atoms with van der Waals surface area (Å²) in [5.41, 5.74) is -4.15. The van der Waals surface area contributed by atoms with E-state index in [0.29, 0.717) is 0 Å². The highest BCUT2D eigenvalue weighted by Crippen LogP contribution is 2.64. The molecule has 18 heteroatoms. The Hall–Kier alpha value is -4.68. The Bertz CT molecular complexity index is 1660. The Labute approximate surface area is 264 Å². The molecule has 3 fully saturated rings. The first-order chi connectivity index (χ1) is 22.6. The van der Waals surface area contributed by atoms with Crippen molar-refractivity contribution in [1.29, 1.82) is 31.6 Å². The first-order valence-electron chi connectivity index (χ1n) is 14.0. The van der Waals surface area contributed by atoms with Crippen LogP contribution >= 0.6 is 0 Å². The average Bonchev–Trinajstić information content (AvgIpc) is 3.78. The summed E-state index contributed by atoms with van der Waals surface area (Å²) in [5.74, 6) is -29.8. The molecule has 252 valence electrons. The van der Waals surface area contributed by atoms with Gasteiger partial charge in [0.15, 0.2) is 42.5 Å². The fraction of sp³-hybridized carbons (Fsp3) is 0.600. The molecule has 0 saturated heterocycles. The molecule has 4 aliphatic carbocycles. The third kappa shape index (κ3) is 5.23. The van der Waals surface area contributed by atoms with Gasteiger partial charge in [-0.25, -0.2) is 52.7 Å². The molecule has 4 rings (SSSR count). The number of hydrogen-bond acceptors (Lipinski definition) is 6. The minimum Gasteiger partial charge on any atom is -0.244 e. The second-order valence-corrected chi connectivity index (χ2v) is 11.7. The second-order valence-electron chi connectivity index (χ2n) is 11.7. The zero-order valence-corrected chi connectivity index (χ0v) is 23.6. The Balaban J connectivity index is 1.97. The largest absolute Gasteiger partial charge is 0.244 e. The van der Waals surface area contributed by atoms with Crippen LogP contribution in [0, 0.1) is 121 Å². The lowest BCUT2D eigenvalue weighted by atomic mass is 9.69. The van der Waals surface area contributed by atoms with E-state index in [1.807, 2.05) is 0 Å². The molecule has 3 saturated carbocycles. The zero-order valence-electron chi connectivity index (χ0n) is 23.6. The summed E-state index contributed by atoms with van der Waals surface area (Å²) >= 11 is 0. The molecule has 0 bridgehead atoms. The Kier molecular flexibility index (Phi) is 10.1. The van der Waals surface area contributed by atoms with Crippen molar-refractivity contribution in [2.45, 2.75) is 55.5 Å². The van der Waals surface area contributed by atoms with Crippen LogP contribution in [0.25, 0.3) is 0 Å². The van der Waals surface area contributed by atoms with Gasteiger partial charge < -0.3 is 0 Å². The molecule has 0 amide bonds. The van der Waals surface area contributed by atoms with Crippen molar-refractivity contribution >= 4 is 0 Å². The van der Waals surface area contributed by atoms with Crippen LogP contribution in [0.5, 0.6) is 0 Å². The van der Waals surface area contributed by atoms with E-state index in [4.69, 9.17) is 15.8 Å². The van der Waals surface area contributed by atoms with Gasteiger partial charge in [0.05, 0.1) is 54.2 Å². The molecule has 0 aromatic heterocycles. The van der Waals surface area contributed by atoms with Crippen molar-refractivity contribution in [2.24, 2.45) is 53.3 Å². The van der Waals surface area contributed by atoms with Crippen LogP contribution in [-0.2, 0) is 0 Å². The maximum absolute atomic E-state index is 15.3. The van der Waals surface area contributed by atoms with Gasteiger partial charge in [-0.15, -0.1) is 0 Å². The van der Waals surface area contributed by atoms with Crippen LogP contribution in [-0.4, -0.2) is 55.5 Å². The molecule has 6 nitrogen and oxygen atoms in total. The van der Waals surface area contributed by atoms with Gasteiger partial charge in [-0.1, -0.05) is 0 Å². The third-order valence-corrected chi connectivity index (χ3v) is 9.48. The minimum absolute atomic E-state index is 0.943. The number of nitrogens with zero attached hydrogens (tertiary/aromatic N) is 6. The normalized spacial score (nSPS) is 44.9. The van der Waals surface area contributed by atoms with E-state index in [9.17, 15) is 42.1 Å². The number of nitriles is 6. The highest BCUT2D eigenvalue weighted by Gasteiger charge is 2.66. The van der Waals surface area contributed by atoms with E-state index in [1.165, 1.54) is 18.2 Å². The standard InChI is InChI=1S/C30H18F12N6/c31-19-10(4-46)20(32)26(38)16(25(19)37)7(1-43)13-14(8(2-44)17-27(39)21(33)11(5-47)22(34)28(17)40)15(13)9(3-45)18-29(41)23(35)12(6-48)24(36)30(18)42/h7-8,10-14,16,18-21,23-26,29-30H/b15-9-. The highest BCUT2D eigenvalue weighted by molar-refractivity contribution is 5.53. The predicted octanol–water partition coefficient (Wildman–Crippen LogP) is 6.44. The molecule has 14 atom stereocenters. The first-order valence-corrected chi connectivity index (χ1v) is 14.0. The lowest BCUT2D eigenvalue weighted by Gasteiger charge is -2.39. The molecule has 0 radical (unpaired) electrons. The first kappa shape index (κ1) is 36.2. The third-order valence-electron chi connectivity index (χ3n) is 9.48. The number of allylic oxidation sites excluding steroid dienone is 6. The summed E-state index contributed by atoms with van der Waals surface area (Å²) in [5, 5.41) is 56.8. The number of hydrogen-bond donors (Lipinski definition) is 0. The van der Waals surface area contributed by atoms with Gasteiger partial charge in [0.1, 0.15) is 48.3 Å². The van der Waals surface area contributed by atoms with E-state index in [2.05, 4.69) is 0 Å². The van der Waals surface area contributed by atoms with Crippen molar-refractivity contribution < 1.29 is 52.7 Å². The maximum Gasteiger partial charge on any atom is 0.174 e. The van der Waals surface area contributed by atoms with Gasteiger partial charge >= 0.3 is 0 Å². The van der Waals surface area contributed by atoms with E-state index >= 15 is 26.3 Å². The van der Waals surface area contributed by atoms with E-state index in [0.717, 1.165) is 18.2 Å². The number of halogens is 12. The van der Waals surface area contributed by atoms with Gasteiger partial charge in [0.25, 0.3) is 0 Å². The SMILES string of the molecule is N#C/C(=C1/C(C(C#N)C2=C(F)C(F)C(C#N)C(F)=C2F)C1C(C#N)C1C(F)C(F)C(C#N)C(F)C1F)C1C(F)C(F)C(C#N)C(F)C1F. The smallest absolute Gasteiger partial charge is 0.174 e. The molecule has 0 heterocycles. The Morgan fingerprint density at radius 1 is 0.562 bits per heavy atom. The summed E-state index contributed by atoms with van der Waals surface area (Å²) < 4.78 is 180. The topological polar surface area (TPSA) is 143 Å². The molecule has 14 unspecified atom stereocenters. The summed E-state index contributed by atoms with van der Waals surface area (Å²) in [6, 6.07) is 6.64. The number of alkyl halides is 9. The fourth-order valence-corrected chi connectivity index (χ4v) is 7.04. The molecule has 0 aromatic rings. The number of rotatable bonds is 5. The zero-order chi connectivity index (χ0) is 36.1. The van der Waals surface area contributed by atoms with Crippen LogP contribution < -0.4 is 0 Å². The minimum atomic E-state index is -3.26. The summed E-state index contributed by atoms with van der Waals surface area (Å²) in [4.78, 5) is 0. The van der Waals surface area contributed by atoms with Crippen LogP contribution in [0.2, 0.25) is 0 Å². The maximum atomic E-state index is 15.3. The van der Waals surface area contributed by atoms with Gasteiger partial charge in [-0.2, -0.15) is 31.6 Å². The monoisotopic (exact) mass is 690 g/mol. The van der Waals surface area contributed by atoms with Gasteiger partial charge in [-0.3, -0.25) is 0 Å². The second kappa shape index (κ2) is 13.4. The molecule has 4 aliphatic rings. The molecule has 0 aliphatic heterocycles. The molecular weight excluding hydrogens is 672 g/mol. The van der Waals surface area contributed by atoms with Crippen molar-refractivity contribution in [3.8, 4) is 36.4 Å². The summed E-state index contributed by atoms with van der Waals surface area (Å²) in [6.45, 7) is 0. The van der Waals surface area contributed by atoms with Crippen LogP contribution in [0.4, 0.5) is 52.7 Å². The van der Waals surface area contributed by atoms with Crippen molar-refractivity contribution in [1.82, 2.24) is 0 Å². The van der Waals surface area contributed by atoms with E-state index in [-0.39, 0.29) is 0 Å². The Morgan fingerprint density at radius 2 is 1.04 bits per heavy atom. The highest BCUT2D eigenvalue weighted by atomic mass is 19.2. The summed E-state index contributed by atoms with van der Waals surface area (Å²) in [7, 11) is 0. The lowest BCUT2D eigenvalue weighted by Crippen LogP contribution is -2.54. The van der Waals surface area contributed by atoms with Crippen LogP contribution in [0.1, 0.15) is 0 Å². The van der Waals surface area contributed by atoms with Gasteiger partial charge in [0, 0.05) is 28.9 Å². The fourth-order valence-electron chi connectivity index (χ4n) is 7.04. The van der Waals surface area contributed by atoms with Crippen molar-refractivity contribution in [2.75, 3.05) is 0 Å². The van der Waals surface area contributed by atoms with Crippen molar-refractivity contribution in [3.63, 3.8) is 0 Å². The predicted molar refractivity (Wildman–Crippen MR) is 134 cm³/mol. The Morgan fingerprint density at radius 3 is 1.44 bits per heavy atom. The average molecular weight is 690 g/mol. The lowest BCUT2D eigenvalue weighted by molar-refractivity contribution is -0.0766. The molecule has 48 heavy (non-hydrogen) atoms. The van der Waals surface area contributed by atoms with Gasteiger partial charge in [0.2, 0.25) is 0 Å². The van der Waals surface area contributed by atoms with E-state index < -0.39 is 143 Å². The van der Waals surface area contributed by atoms with Crippen LogP contribution in [0.3, 0.4) is 0 Å². The molecular formula is C30H18F12N6.